The Morgan fingerprint density at radius 3 is 2.79 bits per heavy atom. The summed E-state index contributed by atoms with van der Waals surface area (Å²) in [5, 5.41) is 3.14. The first-order valence-electron chi connectivity index (χ1n) is 6.24. The van der Waals surface area contributed by atoms with Crippen molar-refractivity contribution < 1.29 is 12.8 Å². The Bertz CT molecular complexity index is 715. The molecule has 0 unspecified atom stereocenters. The van der Waals surface area contributed by atoms with Gasteiger partial charge in [-0.2, -0.15) is 0 Å². The van der Waals surface area contributed by atoms with Crippen LogP contribution in [0.25, 0.3) is 11.1 Å². The van der Waals surface area contributed by atoms with Gasteiger partial charge in [0, 0.05) is 24.9 Å². The minimum Gasteiger partial charge on any atom is -0.441 e. The molecule has 0 radical (unpaired) electrons. The molecule has 0 saturated heterocycles. The van der Waals surface area contributed by atoms with Crippen molar-refractivity contribution in [3.8, 4) is 0 Å². The van der Waals surface area contributed by atoms with E-state index in [-0.39, 0.29) is 11.3 Å². The fourth-order valence-corrected chi connectivity index (χ4v) is 3.56. The Balaban J connectivity index is 1.70. The lowest BCUT2D eigenvalue weighted by Crippen LogP contribution is -2.43. The standard InChI is InChI=1S/C13H16N2O3S/c1-8-14-12-7-9(3-4-13(12)18-8)15-10-5-11(6-10)19(2,16)17/h3-4,7,10-11,15H,5-6H2,1-2H3. The van der Waals surface area contributed by atoms with E-state index >= 15 is 0 Å². The van der Waals surface area contributed by atoms with Gasteiger partial charge < -0.3 is 9.73 Å². The molecule has 3 rings (SSSR count). The number of aromatic nitrogens is 1. The van der Waals surface area contributed by atoms with Crippen LogP contribution in [0.15, 0.2) is 22.6 Å². The van der Waals surface area contributed by atoms with Crippen LogP contribution in [-0.2, 0) is 9.84 Å². The van der Waals surface area contributed by atoms with E-state index in [2.05, 4.69) is 10.3 Å². The average Bonchev–Trinajstić information content (AvgIpc) is 2.60. The number of nitrogens with zero attached hydrogens (tertiary/aromatic N) is 1. The smallest absolute Gasteiger partial charge is 0.192 e. The predicted octanol–water partition coefficient (Wildman–Crippen LogP) is 2.12. The normalized spacial score (nSPS) is 23.3. The van der Waals surface area contributed by atoms with Crippen LogP contribution in [0.2, 0.25) is 0 Å². The van der Waals surface area contributed by atoms with Crippen LogP contribution in [0.5, 0.6) is 0 Å². The highest BCUT2D eigenvalue weighted by Crippen LogP contribution is 2.30. The monoisotopic (exact) mass is 280 g/mol. The first-order valence-corrected chi connectivity index (χ1v) is 8.20. The average molecular weight is 280 g/mol. The summed E-state index contributed by atoms with van der Waals surface area (Å²) in [5.41, 5.74) is 2.55. The van der Waals surface area contributed by atoms with E-state index in [1.165, 1.54) is 6.26 Å². The summed E-state index contributed by atoms with van der Waals surface area (Å²) in [5.74, 6) is 0.646. The lowest BCUT2D eigenvalue weighted by atomic mass is 9.92. The van der Waals surface area contributed by atoms with Crippen molar-refractivity contribution in [2.45, 2.75) is 31.1 Å². The van der Waals surface area contributed by atoms with Crippen LogP contribution >= 0.6 is 0 Å². The Kier molecular flexibility index (Phi) is 2.78. The molecule has 0 bridgehead atoms. The molecule has 102 valence electrons. The molecule has 1 heterocycles. The summed E-state index contributed by atoms with van der Waals surface area (Å²) >= 11 is 0. The van der Waals surface area contributed by atoms with Crippen molar-refractivity contribution in [1.82, 2.24) is 4.98 Å². The molecule has 1 fully saturated rings. The minimum atomic E-state index is -2.89. The number of rotatable bonds is 3. The topological polar surface area (TPSA) is 72.2 Å². The molecule has 0 atom stereocenters. The van der Waals surface area contributed by atoms with Gasteiger partial charge in [-0.25, -0.2) is 13.4 Å². The van der Waals surface area contributed by atoms with Gasteiger partial charge in [-0.05, 0) is 31.0 Å². The van der Waals surface area contributed by atoms with E-state index < -0.39 is 9.84 Å². The first-order chi connectivity index (χ1) is 8.91. The lowest BCUT2D eigenvalue weighted by molar-refractivity contribution is 0.434. The summed E-state index contributed by atoms with van der Waals surface area (Å²) in [6, 6.07) is 5.97. The van der Waals surface area contributed by atoms with Gasteiger partial charge in [-0.1, -0.05) is 0 Å². The number of hydrogen-bond acceptors (Lipinski definition) is 5. The molecule has 2 aromatic rings. The van der Waals surface area contributed by atoms with Crippen molar-refractivity contribution >= 4 is 26.6 Å². The van der Waals surface area contributed by atoms with Gasteiger partial charge in [0.05, 0.1) is 5.25 Å². The second-order valence-corrected chi connectivity index (χ2v) is 7.51. The second kappa shape index (κ2) is 4.23. The molecule has 1 N–H and O–H groups in total. The van der Waals surface area contributed by atoms with E-state index in [4.69, 9.17) is 4.42 Å². The van der Waals surface area contributed by atoms with Gasteiger partial charge in [0.25, 0.3) is 0 Å². The van der Waals surface area contributed by atoms with Crippen LogP contribution in [0.3, 0.4) is 0 Å². The molecule has 1 aliphatic rings. The molecule has 5 nitrogen and oxygen atoms in total. The van der Waals surface area contributed by atoms with Crippen molar-refractivity contribution in [2.24, 2.45) is 0 Å². The second-order valence-electron chi connectivity index (χ2n) is 5.18. The summed E-state index contributed by atoms with van der Waals surface area (Å²) in [6.45, 7) is 1.82. The lowest BCUT2D eigenvalue weighted by Gasteiger charge is -2.35. The summed E-state index contributed by atoms with van der Waals surface area (Å²) in [6.07, 6.45) is 2.65. The third-order valence-electron chi connectivity index (χ3n) is 3.57. The first kappa shape index (κ1) is 12.5. The minimum absolute atomic E-state index is 0.192. The van der Waals surface area contributed by atoms with Crippen LogP contribution in [-0.4, -0.2) is 30.9 Å². The Morgan fingerprint density at radius 1 is 1.37 bits per heavy atom. The summed E-state index contributed by atoms with van der Waals surface area (Å²) in [7, 11) is -2.89. The number of aryl methyl sites for hydroxylation is 1. The molecule has 1 aromatic carbocycles. The Morgan fingerprint density at radius 2 is 2.11 bits per heavy atom. The number of sulfone groups is 1. The van der Waals surface area contributed by atoms with Gasteiger partial charge in [0.1, 0.15) is 15.4 Å². The number of hydrogen-bond donors (Lipinski definition) is 1. The largest absolute Gasteiger partial charge is 0.441 e. The van der Waals surface area contributed by atoms with Crippen molar-refractivity contribution in [3.63, 3.8) is 0 Å². The number of benzene rings is 1. The van der Waals surface area contributed by atoms with Crippen LogP contribution in [0.1, 0.15) is 18.7 Å². The predicted molar refractivity (Wildman–Crippen MR) is 74.0 cm³/mol. The van der Waals surface area contributed by atoms with Crippen molar-refractivity contribution in [2.75, 3.05) is 11.6 Å². The molecule has 0 aliphatic heterocycles. The van der Waals surface area contributed by atoms with E-state index in [1.807, 2.05) is 25.1 Å². The summed E-state index contributed by atoms with van der Waals surface area (Å²) < 4.78 is 28.1. The third-order valence-corrected chi connectivity index (χ3v) is 5.16. The van der Waals surface area contributed by atoms with Crippen LogP contribution < -0.4 is 5.32 Å². The van der Waals surface area contributed by atoms with E-state index in [0.29, 0.717) is 18.7 Å². The zero-order chi connectivity index (χ0) is 13.6. The number of anilines is 1. The Labute approximate surface area is 111 Å². The van der Waals surface area contributed by atoms with E-state index in [0.717, 1.165) is 16.8 Å². The Hall–Kier alpha value is -1.56. The maximum atomic E-state index is 11.3. The SMILES string of the molecule is Cc1nc2cc(NC3CC(S(C)(=O)=O)C3)ccc2o1. The van der Waals surface area contributed by atoms with Gasteiger partial charge in [0.15, 0.2) is 11.5 Å². The molecule has 6 heteroatoms. The third kappa shape index (κ3) is 2.45. The highest BCUT2D eigenvalue weighted by atomic mass is 32.2. The highest BCUT2D eigenvalue weighted by molar-refractivity contribution is 7.91. The molecule has 19 heavy (non-hydrogen) atoms. The van der Waals surface area contributed by atoms with Gasteiger partial charge in [0.2, 0.25) is 0 Å². The fraction of sp³-hybridized carbons (Fsp3) is 0.462. The van der Waals surface area contributed by atoms with Crippen LogP contribution in [0.4, 0.5) is 5.69 Å². The number of nitrogens with one attached hydrogen (secondary N) is 1. The maximum absolute atomic E-state index is 11.3. The molecule has 1 aromatic heterocycles. The zero-order valence-corrected chi connectivity index (χ0v) is 11.7. The van der Waals surface area contributed by atoms with Crippen molar-refractivity contribution in [1.29, 1.82) is 0 Å². The van der Waals surface area contributed by atoms with E-state index in [9.17, 15) is 8.42 Å². The van der Waals surface area contributed by atoms with Gasteiger partial charge >= 0.3 is 0 Å². The van der Waals surface area contributed by atoms with Gasteiger partial charge in [-0.3, -0.25) is 0 Å². The zero-order valence-electron chi connectivity index (χ0n) is 10.9. The summed E-state index contributed by atoms with van der Waals surface area (Å²) in [4.78, 5) is 4.28. The fourth-order valence-electron chi connectivity index (χ4n) is 2.40. The molecule has 1 aliphatic carbocycles. The van der Waals surface area contributed by atoms with Crippen molar-refractivity contribution in [3.05, 3.63) is 24.1 Å². The van der Waals surface area contributed by atoms with Crippen LogP contribution in [0, 0.1) is 6.92 Å². The molecular weight excluding hydrogens is 264 g/mol. The molecular formula is C13H16N2O3S. The van der Waals surface area contributed by atoms with Gasteiger partial charge in [-0.15, -0.1) is 0 Å². The van der Waals surface area contributed by atoms with E-state index in [1.54, 1.807) is 0 Å². The maximum Gasteiger partial charge on any atom is 0.192 e. The number of oxazole rings is 1. The molecule has 0 spiro atoms. The number of fused-ring (bicyclic) bond motifs is 1. The quantitative estimate of drug-likeness (QED) is 0.932. The molecule has 0 amide bonds. The molecule has 1 saturated carbocycles. The highest BCUT2D eigenvalue weighted by Gasteiger charge is 2.36.